The Morgan fingerprint density at radius 2 is 0.889 bits per heavy atom. The molecule has 1 aliphatic heterocycles. The van der Waals surface area contributed by atoms with Crippen LogP contribution in [0.25, 0.3) is 0 Å². The first-order chi connectivity index (χ1) is 39.7. The van der Waals surface area contributed by atoms with Crippen LogP contribution in [0.15, 0.2) is 85.1 Å². The van der Waals surface area contributed by atoms with Crippen molar-refractivity contribution in [2.75, 3.05) is 13.2 Å². The van der Waals surface area contributed by atoms with Crippen molar-refractivity contribution in [3.8, 4) is 0 Å². The number of carbonyl (C=O) groups is 2. The van der Waals surface area contributed by atoms with Crippen molar-refractivity contribution < 1.29 is 49.3 Å². The number of unbranched alkanes of at least 4 members (excludes halogenated alkanes) is 30. The first-order valence-electron chi connectivity index (χ1n) is 33.4. The molecule has 0 aromatic carbocycles. The monoisotopic (exact) mass is 1140 g/mol. The molecule has 1 saturated heterocycles. The molecule has 6 N–H and O–H groups in total. The van der Waals surface area contributed by atoms with Gasteiger partial charge < -0.3 is 45.1 Å². The summed E-state index contributed by atoms with van der Waals surface area (Å²) < 4.78 is 17.6. The standard InChI is InChI=1S/C70H123NO10/c1-4-7-10-13-16-19-22-25-26-27-28-29-30-31-32-33-34-35-36-37-38-40-43-46-49-52-55-58-65(75)81-68-67(77)66(76)64(59-72)80-70(68)79-60-61(62(73)56-53-50-47-44-41-24-21-18-15-12-9-6-3)71-69(78)63(74)57-54-51-48-45-42-39-23-20-17-14-11-8-5-2/h7,10,16,19,25-26,28-29,31-32,42,45,53,56,61-64,66-68,70,72-74,76-77H,4-6,8-9,11-15,17-18,20-24,27,30,33-41,43-44,46-52,54-55,57-60H2,1-3H3,(H,71,78)/b10-7-,19-16-,26-25-,29-28-,32-31-,45-42-,56-53+. The SMILES string of the molecule is CC/C=C\C/C=C\C/C=C\C/C=C\C/C=C\CCCCCCCCCCCCCC(=O)OC1C(OCC(NC(=O)C(O)CCCC/C=C\CCCCCCCCC)C(O)/C=C/CCCCCCCCCCCC)OC(CO)C(O)C1O. The van der Waals surface area contributed by atoms with Gasteiger partial charge in [0.1, 0.15) is 24.4 Å². The maximum Gasteiger partial charge on any atom is 0.306 e. The molecule has 8 unspecified atom stereocenters. The largest absolute Gasteiger partial charge is 0.454 e. The minimum Gasteiger partial charge on any atom is -0.454 e. The number of aliphatic hydroxyl groups excluding tert-OH is 5. The highest BCUT2D eigenvalue weighted by molar-refractivity contribution is 5.80. The Bertz CT molecular complexity index is 1640. The summed E-state index contributed by atoms with van der Waals surface area (Å²) in [5.74, 6) is -1.21. The van der Waals surface area contributed by atoms with Crippen LogP contribution in [0.2, 0.25) is 0 Å². The van der Waals surface area contributed by atoms with Gasteiger partial charge in [-0.15, -0.1) is 0 Å². The predicted molar refractivity (Wildman–Crippen MR) is 338 cm³/mol. The van der Waals surface area contributed by atoms with Crippen LogP contribution in [0, 0.1) is 0 Å². The van der Waals surface area contributed by atoms with E-state index in [0.717, 1.165) is 96.3 Å². The molecule has 11 nitrogen and oxygen atoms in total. The van der Waals surface area contributed by atoms with Gasteiger partial charge in [-0.2, -0.15) is 0 Å². The van der Waals surface area contributed by atoms with Gasteiger partial charge in [0.25, 0.3) is 0 Å². The van der Waals surface area contributed by atoms with E-state index in [-0.39, 0.29) is 19.4 Å². The molecule has 0 aliphatic carbocycles. The molecule has 1 aliphatic rings. The molecule has 0 aromatic heterocycles. The molecule has 0 spiro atoms. The Kier molecular flexibility index (Phi) is 53.6. The number of amides is 1. The summed E-state index contributed by atoms with van der Waals surface area (Å²) in [5.41, 5.74) is 0. The highest BCUT2D eigenvalue weighted by Crippen LogP contribution is 2.26. The Morgan fingerprint density at radius 1 is 0.494 bits per heavy atom. The average molecular weight is 1140 g/mol. The lowest BCUT2D eigenvalue weighted by atomic mass is 9.99. The first-order valence-corrected chi connectivity index (χ1v) is 33.4. The number of hydrogen-bond acceptors (Lipinski definition) is 10. The molecule has 1 fully saturated rings. The number of esters is 1. The van der Waals surface area contributed by atoms with Crippen LogP contribution in [0.1, 0.15) is 284 Å². The van der Waals surface area contributed by atoms with Gasteiger partial charge in [0.15, 0.2) is 12.4 Å². The van der Waals surface area contributed by atoms with Gasteiger partial charge in [-0.25, -0.2) is 0 Å². The molecular formula is C70H123NO10. The molecule has 0 aromatic rings. The number of ether oxygens (including phenoxy) is 3. The topological polar surface area (TPSA) is 175 Å². The quantitative estimate of drug-likeness (QED) is 0.0195. The van der Waals surface area contributed by atoms with E-state index in [0.29, 0.717) is 12.8 Å². The van der Waals surface area contributed by atoms with E-state index >= 15 is 0 Å². The predicted octanol–water partition coefficient (Wildman–Crippen LogP) is 16.5. The summed E-state index contributed by atoms with van der Waals surface area (Å²) in [6.07, 6.45) is 64.9. The minimum absolute atomic E-state index is 0.115. The third kappa shape index (κ3) is 45.0. The van der Waals surface area contributed by atoms with Crippen molar-refractivity contribution >= 4 is 11.9 Å². The fourth-order valence-corrected chi connectivity index (χ4v) is 10.0. The Morgan fingerprint density at radius 3 is 1.35 bits per heavy atom. The van der Waals surface area contributed by atoms with Crippen LogP contribution in [-0.4, -0.2) is 99.6 Å². The fraction of sp³-hybridized carbons (Fsp3) is 0.771. The Balaban J connectivity index is 2.57. The fourth-order valence-electron chi connectivity index (χ4n) is 10.0. The summed E-state index contributed by atoms with van der Waals surface area (Å²) in [6.45, 7) is 5.66. The van der Waals surface area contributed by atoms with Crippen LogP contribution in [0.4, 0.5) is 0 Å². The number of rotatable bonds is 56. The molecule has 8 atom stereocenters. The second-order valence-corrected chi connectivity index (χ2v) is 22.8. The van der Waals surface area contributed by atoms with E-state index in [4.69, 9.17) is 14.2 Å². The number of aliphatic hydroxyl groups is 5. The van der Waals surface area contributed by atoms with E-state index in [9.17, 15) is 35.1 Å². The third-order valence-electron chi connectivity index (χ3n) is 15.3. The molecule has 1 rings (SSSR count). The van der Waals surface area contributed by atoms with E-state index in [1.165, 1.54) is 141 Å². The third-order valence-corrected chi connectivity index (χ3v) is 15.3. The number of carbonyl (C=O) groups excluding carboxylic acids is 2. The van der Waals surface area contributed by atoms with Crippen molar-refractivity contribution in [2.24, 2.45) is 0 Å². The smallest absolute Gasteiger partial charge is 0.306 e. The zero-order valence-corrected chi connectivity index (χ0v) is 51.9. The lowest BCUT2D eigenvalue weighted by Crippen LogP contribution is -2.61. The summed E-state index contributed by atoms with van der Waals surface area (Å²) in [5, 5.41) is 57.0. The zero-order chi connectivity index (χ0) is 58.9. The van der Waals surface area contributed by atoms with Crippen molar-refractivity contribution in [3.05, 3.63) is 85.1 Å². The minimum atomic E-state index is -1.62. The zero-order valence-electron chi connectivity index (χ0n) is 51.9. The maximum atomic E-state index is 13.4. The van der Waals surface area contributed by atoms with E-state index in [2.05, 4.69) is 99.0 Å². The molecule has 1 heterocycles. The van der Waals surface area contributed by atoms with Crippen LogP contribution >= 0.6 is 0 Å². The van der Waals surface area contributed by atoms with Gasteiger partial charge in [0.2, 0.25) is 5.91 Å². The average Bonchev–Trinajstić information content (AvgIpc) is 3.51. The maximum absolute atomic E-state index is 13.4. The van der Waals surface area contributed by atoms with Gasteiger partial charge in [-0.1, -0.05) is 266 Å². The van der Waals surface area contributed by atoms with E-state index < -0.39 is 67.4 Å². The van der Waals surface area contributed by atoms with Crippen LogP contribution in [0.3, 0.4) is 0 Å². The molecule has 1 amide bonds. The summed E-state index contributed by atoms with van der Waals surface area (Å²) >= 11 is 0. The van der Waals surface area contributed by atoms with Crippen molar-refractivity contribution in [1.82, 2.24) is 5.32 Å². The molecular weight excluding hydrogens is 1010 g/mol. The van der Waals surface area contributed by atoms with Crippen molar-refractivity contribution in [2.45, 2.75) is 333 Å². The molecule has 81 heavy (non-hydrogen) atoms. The van der Waals surface area contributed by atoms with Crippen LogP contribution in [0.5, 0.6) is 0 Å². The Labute approximate surface area is 495 Å². The second kappa shape index (κ2) is 57.3. The molecule has 0 saturated carbocycles. The lowest BCUT2D eigenvalue weighted by Gasteiger charge is -2.41. The van der Waals surface area contributed by atoms with E-state index in [1.54, 1.807) is 6.08 Å². The Hall–Kier alpha value is -3.16. The highest BCUT2D eigenvalue weighted by atomic mass is 16.7. The molecule has 0 radical (unpaired) electrons. The van der Waals surface area contributed by atoms with Crippen LogP contribution < -0.4 is 5.32 Å². The second-order valence-electron chi connectivity index (χ2n) is 22.8. The number of hydrogen-bond donors (Lipinski definition) is 6. The number of nitrogens with one attached hydrogen (secondary N) is 1. The number of allylic oxidation sites excluding steroid dienone is 13. The van der Waals surface area contributed by atoms with Gasteiger partial charge in [-0.3, -0.25) is 9.59 Å². The summed E-state index contributed by atoms with van der Waals surface area (Å²) in [4.78, 5) is 26.6. The van der Waals surface area contributed by atoms with E-state index in [1.807, 2.05) is 6.08 Å². The van der Waals surface area contributed by atoms with Gasteiger partial charge in [0, 0.05) is 6.42 Å². The van der Waals surface area contributed by atoms with Crippen molar-refractivity contribution in [1.29, 1.82) is 0 Å². The highest BCUT2D eigenvalue weighted by Gasteiger charge is 2.47. The van der Waals surface area contributed by atoms with Crippen molar-refractivity contribution in [3.63, 3.8) is 0 Å². The summed E-state index contributed by atoms with van der Waals surface area (Å²) in [7, 11) is 0. The van der Waals surface area contributed by atoms with Gasteiger partial charge in [0.05, 0.1) is 25.4 Å². The summed E-state index contributed by atoms with van der Waals surface area (Å²) in [6, 6.07) is -1.03. The van der Waals surface area contributed by atoms with Crippen LogP contribution in [-0.2, 0) is 23.8 Å². The van der Waals surface area contributed by atoms with Gasteiger partial charge >= 0.3 is 5.97 Å². The molecule has 11 heteroatoms. The normalized spacial score (nSPS) is 19.2. The first kappa shape index (κ1) is 75.9. The lowest BCUT2D eigenvalue weighted by molar-refractivity contribution is -0.305. The van der Waals surface area contributed by atoms with Gasteiger partial charge in [-0.05, 0) is 96.3 Å². The molecule has 468 valence electrons. The molecule has 0 bridgehead atoms.